The maximum absolute atomic E-state index is 12.5. The van der Waals surface area contributed by atoms with Crippen molar-refractivity contribution < 1.29 is 9.53 Å². The van der Waals surface area contributed by atoms with E-state index in [0.717, 1.165) is 48.8 Å². The molecule has 158 valence electrons. The molecule has 0 spiro atoms. The fraction of sp³-hybridized carbons (Fsp3) is 0.409. The lowest BCUT2D eigenvalue weighted by molar-refractivity contribution is -0.130. The van der Waals surface area contributed by atoms with E-state index in [1.807, 2.05) is 53.0 Å². The number of amides is 1. The minimum atomic E-state index is 0.178. The van der Waals surface area contributed by atoms with Gasteiger partial charge in [0, 0.05) is 55.3 Å². The van der Waals surface area contributed by atoms with Gasteiger partial charge in [-0.15, -0.1) is 0 Å². The highest BCUT2D eigenvalue weighted by Crippen LogP contribution is 2.27. The third kappa shape index (κ3) is 5.21. The second-order valence-corrected chi connectivity index (χ2v) is 8.10. The molecule has 2 aromatic heterocycles. The van der Waals surface area contributed by atoms with E-state index in [1.165, 1.54) is 0 Å². The standard InChI is InChI=1S/C22H26ClN5O2/c1-16-6-11-28(26-16)12-8-22(29)27-10-7-17(15-27)21-14-19(24-25-21)9-13-30-20-4-2-18(23)3-5-20/h2-6,11,14,17H,7-10,12-13,15H2,1H3,(H,24,25)/t17-/m0/s1. The molecule has 7 nitrogen and oxygen atoms in total. The zero-order valence-corrected chi connectivity index (χ0v) is 17.8. The highest BCUT2D eigenvalue weighted by molar-refractivity contribution is 6.30. The molecule has 1 N–H and O–H groups in total. The number of nitrogens with zero attached hydrogens (tertiary/aromatic N) is 4. The molecule has 1 saturated heterocycles. The SMILES string of the molecule is Cc1ccn(CCC(=O)N2CC[C@H](c3cc(CCOc4ccc(Cl)cc4)[nH]n3)C2)n1. The number of H-pyrrole nitrogens is 1. The molecule has 1 aliphatic heterocycles. The first kappa shape index (κ1) is 20.5. The second kappa shape index (κ2) is 9.34. The van der Waals surface area contributed by atoms with Gasteiger partial charge in [0.15, 0.2) is 0 Å². The van der Waals surface area contributed by atoms with Gasteiger partial charge in [-0.05, 0) is 49.7 Å². The summed E-state index contributed by atoms with van der Waals surface area (Å²) in [5.41, 5.74) is 3.03. The van der Waals surface area contributed by atoms with E-state index in [1.54, 1.807) is 0 Å². The van der Waals surface area contributed by atoms with Crippen LogP contribution >= 0.6 is 11.6 Å². The third-order valence-corrected chi connectivity index (χ3v) is 5.64. The van der Waals surface area contributed by atoms with Crippen molar-refractivity contribution in [1.82, 2.24) is 24.9 Å². The van der Waals surface area contributed by atoms with Gasteiger partial charge >= 0.3 is 0 Å². The lowest BCUT2D eigenvalue weighted by Gasteiger charge is -2.16. The number of carbonyl (C=O) groups is 1. The number of rotatable bonds is 8. The fourth-order valence-electron chi connectivity index (χ4n) is 3.71. The first-order valence-corrected chi connectivity index (χ1v) is 10.6. The van der Waals surface area contributed by atoms with Gasteiger partial charge in [-0.25, -0.2) is 0 Å². The van der Waals surface area contributed by atoms with Crippen LogP contribution in [0.2, 0.25) is 5.02 Å². The summed E-state index contributed by atoms with van der Waals surface area (Å²) in [6.45, 7) is 4.64. The summed E-state index contributed by atoms with van der Waals surface area (Å²) in [4.78, 5) is 14.5. The predicted molar refractivity (Wildman–Crippen MR) is 115 cm³/mol. The Morgan fingerprint density at radius 3 is 2.90 bits per heavy atom. The zero-order chi connectivity index (χ0) is 20.9. The molecular weight excluding hydrogens is 402 g/mol. The summed E-state index contributed by atoms with van der Waals surface area (Å²) >= 11 is 5.89. The van der Waals surface area contributed by atoms with Gasteiger partial charge in [0.05, 0.1) is 18.0 Å². The van der Waals surface area contributed by atoms with Crippen LogP contribution in [0.1, 0.15) is 35.8 Å². The maximum Gasteiger partial charge on any atom is 0.224 e. The molecule has 1 aliphatic rings. The van der Waals surface area contributed by atoms with Gasteiger partial charge in [-0.1, -0.05) is 11.6 Å². The van der Waals surface area contributed by atoms with Crippen molar-refractivity contribution in [2.45, 2.75) is 38.6 Å². The van der Waals surface area contributed by atoms with Gasteiger partial charge in [-0.3, -0.25) is 14.6 Å². The van der Waals surface area contributed by atoms with E-state index in [2.05, 4.69) is 21.4 Å². The van der Waals surface area contributed by atoms with Crippen LogP contribution in [0.4, 0.5) is 0 Å². The summed E-state index contributed by atoms with van der Waals surface area (Å²) in [6.07, 6.45) is 4.07. The number of aryl methyl sites for hydroxylation is 2. The van der Waals surface area contributed by atoms with Gasteiger partial charge in [0.2, 0.25) is 5.91 Å². The lowest BCUT2D eigenvalue weighted by Crippen LogP contribution is -2.29. The van der Waals surface area contributed by atoms with Gasteiger partial charge in [0.25, 0.3) is 0 Å². The van der Waals surface area contributed by atoms with Crippen LogP contribution in [-0.4, -0.2) is 50.5 Å². The maximum atomic E-state index is 12.5. The summed E-state index contributed by atoms with van der Waals surface area (Å²) in [7, 11) is 0. The van der Waals surface area contributed by atoms with Crippen LogP contribution in [-0.2, 0) is 17.8 Å². The number of benzene rings is 1. The molecule has 0 saturated carbocycles. The van der Waals surface area contributed by atoms with E-state index in [-0.39, 0.29) is 11.8 Å². The highest BCUT2D eigenvalue weighted by Gasteiger charge is 2.28. The average molecular weight is 428 g/mol. The molecule has 0 bridgehead atoms. The summed E-state index contributed by atoms with van der Waals surface area (Å²) in [6, 6.07) is 11.4. The van der Waals surface area contributed by atoms with Gasteiger partial charge in [0.1, 0.15) is 5.75 Å². The number of hydrogen-bond donors (Lipinski definition) is 1. The number of halogens is 1. The first-order chi connectivity index (χ1) is 14.6. The molecule has 0 radical (unpaired) electrons. The minimum absolute atomic E-state index is 0.178. The number of hydrogen-bond acceptors (Lipinski definition) is 4. The Balaban J connectivity index is 1.22. The van der Waals surface area contributed by atoms with Crippen LogP contribution in [0.15, 0.2) is 42.6 Å². The normalized spacial score (nSPS) is 16.2. The molecule has 1 aromatic carbocycles. The number of carbonyl (C=O) groups excluding carboxylic acids is 1. The van der Waals surface area contributed by atoms with Crippen molar-refractivity contribution in [3.63, 3.8) is 0 Å². The second-order valence-electron chi connectivity index (χ2n) is 7.67. The van der Waals surface area contributed by atoms with Crippen molar-refractivity contribution in [1.29, 1.82) is 0 Å². The Bertz CT molecular complexity index is 982. The first-order valence-electron chi connectivity index (χ1n) is 10.3. The Hall–Kier alpha value is -2.80. The van der Waals surface area contributed by atoms with Crippen molar-refractivity contribution in [2.24, 2.45) is 0 Å². The Kier molecular flexibility index (Phi) is 6.38. The topological polar surface area (TPSA) is 76.0 Å². The number of aromatic nitrogens is 4. The molecular formula is C22H26ClN5O2. The Labute approximate surface area is 181 Å². The predicted octanol–water partition coefficient (Wildman–Crippen LogP) is 3.60. The minimum Gasteiger partial charge on any atom is -0.493 e. The van der Waals surface area contributed by atoms with Crippen molar-refractivity contribution in [3.05, 3.63) is 64.7 Å². The molecule has 1 fully saturated rings. The van der Waals surface area contributed by atoms with Crippen LogP contribution in [0, 0.1) is 6.92 Å². The smallest absolute Gasteiger partial charge is 0.224 e. The van der Waals surface area contributed by atoms with Gasteiger partial charge in [-0.2, -0.15) is 10.2 Å². The van der Waals surface area contributed by atoms with E-state index in [9.17, 15) is 4.79 Å². The molecule has 1 amide bonds. The van der Waals surface area contributed by atoms with Crippen molar-refractivity contribution in [3.8, 4) is 5.75 Å². The number of aromatic amines is 1. The molecule has 0 aliphatic carbocycles. The van der Waals surface area contributed by atoms with E-state index in [4.69, 9.17) is 16.3 Å². The third-order valence-electron chi connectivity index (χ3n) is 5.39. The summed E-state index contributed by atoms with van der Waals surface area (Å²) in [5, 5.41) is 12.6. The fourth-order valence-corrected chi connectivity index (χ4v) is 3.84. The monoisotopic (exact) mass is 427 g/mol. The average Bonchev–Trinajstić information content (AvgIpc) is 3.48. The number of nitrogens with one attached hydrogen (secondary N) is 1. The van der Waals surface area contributed by atoms with Crippen LogP contribution in [0.3, 0.4) is 0 Å². The lowest BCUT2D eigenvalue weighted by atomic mass is 10.0. The Morgan fingerprint density at radius 2 is 2.13 bits per heavy atom. The summed E-state index contributed by atoms with van der Waals surface area (Å²) in [5.74, 6) is 1.26. The van der Waals surface area contributed by atoms with E-state index >= 15 is 0 Å². The van der Waals surface area contributed by atoms with Crippen molar-refractivity contribution in [2.75, 3.05) is 19.7 Å². The molecule has 4 rings (SSSR count). The van der Waals surface area contributed by atoms with Crippen LogP contribution in [0.25, 0.3) is 0 Å². The number of likely N-dealkylation sites (tertiary alicyclic amines) is 1. The molecule has 1 atom stereocenters. The summed E-state index contributed by atoms with van der Waals surface area (Å²) < 4.78 is 7.57. The molecule has 30 heavy (non-hydrogen) atoms. The molecule has 3 aromatic rings. The highest BCUT2D eigenvalue weighted by atomic mass is 35.5. The molecule has 8 heteroatoms. The zero-order valence-electron chi connectivity index (χ0n) is 17.1. The van der Waals surface area contributed by atoms with Crippen molar-refractivity contribution >= 4 is 17.5 Å². The van der Waals surface area contributed by atoms with Gasteiger partial charge < -0.3 is 9.64 Å². The quantitative estimate of drug-likeness (QED) is 0.596. The number of ether oxygens (including phenoxy) is 1. The molecule has 0 unspecified atom stereocenters. The Morgan fingerprint density at radius 1 is 1.30 bits per heavy atom. The van der Waals surface area contributed by atoms with Crippen LogP contribution < -0.4 is 4.74 Å². The molecule has 3 heterocycles. The van der Waals surface area contributed by atoms with E-state index < -0.39 is 0 Å². The van der Waals surface area contributed by atoms with Crippen LogP contribution in [0.5, 0.6) is 5.75 Å². The largest absolute Gasteiger partial charge is 0.493 e. The van der Waals surface area contributed by atoms with E-state index in [0.29, 0.717) is 24.6 Å².